The standard InChI is InChI=1S/C26H35N5O2.C15H14ClN3O.C11H22N2O/c1-5-19-6-7-23-22(15-19)17(3)24(26-27-18(4)30-33-26)25(29-23)31-11-8-21(14-16(31)2)28-20-9-12-32-13-10-20;1-4-10-5-6-12-11(7-10)8(2)13(14(16)18-12)15-17-9(3)19-20-15;1-9-8-11(2-5-12-9)13-10-3-6-14-7-4-10/h6-7,15-16,20-21,28H,5,8-14H2,1-4H3;5-7H,4H2,1-3H3;9-13H,2-8H2,1H3/t16-,21+;;9-,11+/m1.1/s1. The van der Waals surface area contributed by atoms with Gasteiger partial charge in [0.15, 0.2) is 11.6 Å². The van der Waals surface area contributed by atoms with Gasteiger partial charge in [-0.25, -0.2) is 9.97 Å². The average molecular weight is 936 g/mol. The lowest BCUT2D eigenvalue weighted by Crippen LogP contribution is -2.51. The van der Waals surface area contributed by atoms with Crippen molar-refractivity contribution in [3.63, 3.8) is 0 Å². The Hall–Kier alpha value is -4.57. The third kappa shape index (κ3) is 12.0. The first-order chi connectivity index (χ1) is 32.5. The van der Waals surface area contributed by atoms with E-state index in [1.165, 1.54) is 43.4 Å². The summed E-state index contributed by atoms with van der Waals surface area (Å²) in [5.41, 5.74) is 8.33. The number of halogens is 1. The molecule has 67 heavy (non-hydrogen) atoms. The molecule has 2 aromatic carbocycles. The molecule has 6 aromatic rings. The molecule has 14 nitrogen and oxygen atoms in total. The Kier molecular flexibility index (Phi) is 16.6. The third-order valence-corrected chi connectivity index (χ3v) is 14.3. The maximum absolute atomic E-state index is 6.29. The molecule has 0 radical (unpaired) electrons. The van der Waals surface area contributed by atoms with Crippen LogP contribution in [0.4, 0.5) is 5.82 Å². The van der Waals surface area contributed by atoms with Gasteiger partial charge >= 0.3 is 0 Å². The van der Waals surface area contributed by atoms with Gasteiger partial charge in [0.25, 0.3) is 11.8 Å². The summed E-state index contributed by atoms with van der Waals surface area (Å²) in [5.74, 6) is 3.17. The van der Waals surface area contributed by atoms with E-state index < -0.39 is 0 Å². The highest BCUT2D eigenvalue weighted by Gasteiger charge is 2.32. The number of fused-ring (bicyclic) bond motifs is 2. The number of nitrogens with zero attached hydrogens (tertiary/aromatic N) is 7. The minimum absolute atomic E-state index is 0.359. The Balaban J connectivity index is 0.000000151. The van der Waals surface area contributed by atoms with E-state index in [9.17, 15) is 0 Å². The monoisotopic (exact) mass is 935 g/mol. The Morgan fingerprint density at radius 2 is 1.16 bits per heavy atom. The van der Waals surface area contributed by atoms with E-state index >= 15 is 0 Å². The highest BCUT2D eigenvalue weighted by Crippen LogP contribution is 2.39. The van der Waals surface area contributed by atoms with Crippen LogP contribution in [0.1, 0.15) is 113 Å². The van der Waals surface area contributed by atoms with Crippen molar-refractivity contribution in [1.82, 2.24) is 46.2 Å². The number of anilines is 1. The van der Waals surface area contributed by atoms with Gasteiger partial charge in [0.2, 0.25) is 0 Å². The lowest BCUT2D eigenvalue weighted by atomic mass is 9.94. The molecule has 10 rings (SSSR count). The van der Waals surface area contributed by atoms with Gasteiger partial charge in [0, 0.05) is 80.0 Å². The van der Waals surface area contributed by atoms with Crippen LogP contribution in [0.15, 0.2) is 45.4 Å². The molecule has 4 aromatic heterocycles. The predicted octanol–water partition coefficient (Wildman–Crippen LogP) is 9.60. The van der Waals surface area contributed by atoms with Crippen LogP contribution in [0, 0.1) is 27.7 Å². The number of hydrogen-bond acceptors (Lipinski definition) is 14. The number of hydrogen-bond donors (Lipinski definition) is 3. The molecule has 3 N–H and O–H groups in total. The van der Waals surface area contributed by atoms with Crippen molar-refractivity contribution in [2.45, 2.75) is 156 Å². The molecule has 0 saturated carbocycles. The minimum Gasteiger partial charge on any atom is -0.381 e. The van der Waals surface area contributed by atoms with Crippen molar-refractivity contribution in [2.24, 2.45) is 0 Å². The maximum Gasteiger partial charge on any atom is 0.261 e. The summed E-state index contributed by atoms with van der Waals surface area (Å²) < 4.78 is 21.8. The first kappa shape index (κ1) is 48.9. The SMILES string of the molecule is CCc1ccc2nc(Cl)c(-c3nc(C)no3)c(C)c2c1.CCc1ccc2nc(N3CC[C@H](NC4CCOCC4)C[C@H]3C)c(-c3nc(C)no3)c(C)c2c1.C[C@@H]1C[C@@H](NC2CCOCC2)CCN1. The molecule has 8 heterocycles. The minimum atomic E-state index is 0.359. The van der Waals surface area contributed by atoms with E-state index in [2.05, 4.69) is 111 Å². The molecule has 4 saturated heterocycles. The number of ether oxygens (including phenoxy) is 2. The second-order valence-corrected chi connectivity index (χ2v) is 19.3. The van der Waals surface area contributed by atoms with Crippen LogP contribution in [0.2, 0.25) is 5.15 Å². The molecule has 0 spiro atoms. The van der Waals surface area contributed by atoms with Gasteiger partial charge in [-0.05, 0) is 159 Å². The number of pyridine rings is 2. The van der Waals surface area contributed by atoms with Crippen LogP contribution >= 0.6 is 11.6 Å². The van der Waals surface area contributed by atoms with E-state index in [0.29, 0.717) is 64.4 Å². The number of piperidine rings is 2. The second kappa shape index (κ2) is 22.7. The van der Waals surface area contributed by atoms with Crippen LogP contribution in [0.5, 0.6) is 0 Å². The molecular formula is C52H71ClN10O4. The summed E-state index contributed by atoms with van der Waals surface area (Å²) in [4.78, 5) is 20.9. The van der Waals surface area contributed by atoms with Crippen molar-refractivity contribution in [2.75, 3.05) is 44.4 Å². The Morgan fingerprint density at radius 3 is 1.67 bits per heavy atom. The van der Waals surface area contributed by atoms with Crippen molar-refractivity contribution >= 4 is 39.2 Å². The fraction of sp³-hybridized carbons (Fsp3) is 0.577. The largest absolute Gasteiger partial charge is 0.381 e. The summed E-state index contributed by atoms with van der Waals surface area (Å²) >= 11 is 6.29. The Bertz CT molecular complexity index is 2570. The summed E-state index contributed by atoms with van der Waals surface area (Å²) in [7, 11) is 0. The summed E-state index contributed by atoms with van der Waals surface area (Å²) in [5, 5.41) is 21.7. The maximum atomic E-state index is 6.29. The highest BCUT2D eigenvalue weighted by atomic mass is 35.5. The summed E-state index contributed by atoms with van der Waals surface area (Å²) in [6.45, 7) is 22.4. The van der Waals surface area contributed by atoms with Crippen molar-refractivity contribution < 1.29 is 18.5 Å². The number of benzene rings is 2. The molecule has 0 aliphatic carbocycles. The first-order valence-electron chi connectivity index (χ1n) is 24.8. The number of nitrogens with one attached hydrogen (secondary N) is 3. The molecule has 0 amide bonds. The van der Waals surface area contributed by atoms with Crippen LogP contribution in [-0.2, 0) is 22.3 Å². The van der Waals surface area contributed by atoms with E-state index in [0.717, 1.165) is 122 Å². The number of rotatable bonds is 9. The van der Waals surface area contributed by atoms with Crippen LogP contribution in [0.3, 0.4) is 0 Å². The number of aryl methyl sites for hydroxylation is 6. The third-order valence-electron chi connectivity index (χ3n) is 14.0. The Labute approximate surface area is 401 Å². The molecule has 0 unspecified atom stereocenters. The molecule has 4 aliphatic rings. The zero-order chi connectivity index (χ0) is 47.0. The van der Waals surface area contributed by atoms with E-state index in [4.69, 9.17) is 35.1 Å². The summed E-state index contributed by atoms with van der Waals surface area (Å²) in [6, 6.07) is 16.4. The van der Waals surface area contributed by atoms with Gasteiger partial charge in [-0.2, -0.15) is 9.97 Å². The zero-order valence-electron chi connectivity index (χ0n) is 40.9. The van der Waals surface area contributed by atoms with E-state index in [-0.39, 0.29) is 0 Å². The van der Waals surface area contributed by atoms with Crippen molar-refractivity contribution in [3.05, 3.63) is 75.5 Å². The van der Waals surface area contributed by atoms with Crippen LogP contribution in [-0.4, -0.2) is 106 Å². The lowest BCUT2D eigenvalue weighted by molar-refractivity contribution is 0.0728. The predicted molar refractivity (Wildman–Crippen MR) is 267 cm³/mol. The van der Waals surface area contributed by atoms with Crippen molar-refractivity contribution in [1.29, 1.82) is 0 Å². The smallest absolute Gasteiger partial charge is 0.261 e. The molecule has 0 bridgehead atoms. The normalized spacial score (nSPS) is 21.8. The molecule has 4 aliphatic heterocycles. The zero-order valence-corrected chi connectivity index (χ0v) is 41.6. The second-order valence-electron chi connectivity index (χ2n) is 19.0. The van der Waals surface area contributed by atoms with E-state index in [1.807, 2.05) is 19.9 Å². The van der Waals surface area contributed by atoms with Gasteiger partial charge < -0.3 is 39.4 Å². The molecule has 4 atom stereocenters. The Morgan fingerprint density at radius 1 is 0.642 bits per heavy atom. The number of aromatic nitrogens is 6. The van der Waals surface area contributed by atoms with Crippen LogP contribution in [0.25, 0.3) is 44.7 Å². The van der Waals surface area contributed by atoms with Gasteiger partial charge in [0.05, 0.1) is 22.2 Å². The highest BCUT2D eigenvalue weighted by molar-refractivity contribution is 6.32. The van der Waals surface area contributed by atoms with Gasteiger partial charge in [-0.1, -0.05) is 47.9 Å². The summed E-state index contributed by atoms with van der Waals surface area (Å²) in [6.07, 6.45) is 11.3. The average Bonchev–Trinajstić information content (AvgIpc) is 3.97. The first-order valence-corrected chi connectivity index (χ1v) is 25.2. The fourth-order valence-electron chi connectivity index (χ4n) is 10.2. The van der Waals surface area contributed by atoms with E-state index in [1.54, 1.807) is 6.92 Å². The van der Waals surface area contributed by atoms with Crippen molar-refractivity contribution in [3.8, 4) is 22.9 Å². The van der Waals surface area contributed by atoms with Gasteiger partial charge in [-0.15, -0.1) is 0 Å². The lowest BCUT2D eigenvalue weighted by Gasteiger charge is -2.41. The molecule has 4 fully saturated rings. The molecule has 360 valence electrons. The van der Waals surface area contributed by atoms with Crippen LogP contribution < -0.4 is 20.9 Å². The fourth-order valence-corrected chi connectivity index (χ4v) is 10.5. The molecular weight excluding hydrogens is 864 g/mol. The van der Waals surface area contributed by atoms with Gasteiger partial charge in [0.1, 0.15) is 11.0 Å². The topological polar surface area (TPSA) is 161 Å². The quantitative estimate of drug-likeness (QED) is 0.118. The van der Waals surface area contributed by atoms with Gasteiger partial charge in [-0.3, -0.25) is 0 Å². The molecule has 15 heteroatoms.